The molecule has 4 aromatic rings. The molecule has 0 aliphatic rings. The van der Waals surface area contributed by atoms with Gasteiger partial charge in [0.15, 0.2) is 5.75 Å². The summed E-state index contributed by atoms with van der Waals surface area (Å²) in [6.45, 7) is 3.26. The van der Waals surface area contributed by atoms with Crippen LogP contribution in [-0.4, -0.2) is 21.1 Å². The minimum atomic E-state index is -0.283. The van der Waals surface area contributed by atoms with Gasteiger partial charge in [-0.05, 0) is 31.2 Å². The zero-order valence-electron chi connectivity index (χ0n) is 14.8. The summed E-state index contributed by atoms with van der Waals surface area (Å²) in [6.07, 6.45) is 1.94. The fraction of sp³-hybridized carbons (Fsp3) is 0.100. The van der Waals surface area contributed by atoms with E-state index in [2.05, 4.69) is 26.7 Å². The van der Waals surface area contributed by atoms with E-state index in [1.807, 2.05) is 37.4 Å². The molecule has 1 amide bonds. The van der Waals surface area contributed by atoms with Gasteiger partial charge in [0.05, 0.1) is 16.4 Å². The number of hydrogen-bond donors (Lipinski definition) is 3. The smallest absolute Gasteiger partial charge is 0.249 e. The predicted octanol–water partition coefficient (Wildman–Crippen LogP) is 4.62. The molecule has 0 spiro atoms. The molecular weight excluding hydrogens is 364 g/mol. The van der Waals surface area contributed by atoms with Crippen LogP contribution < -0.4 is 10.3 Å². The second kappa shape index (κ2) is 6.81. The summed E-state index contributed by atoms with van der Waals surface area (Å²) >= 11 is 6.43. The van der Waals surface area contributed by atoms with Crippen molar-refractivity contribution in [3.05, 3.63) is 59.2 Å². The molecule has 4 rings (SSSR count). The number of hydrogen-bond acceptors (Lipinski definition) is 3. The molecule has 0 bridgehead atoms. The van der Waals surface area contributed by atoms with Gasteiger partial charge in [0, 0.05) is 40.7 Å². The zero-order valence-corrected chi connectivity index (χ0v) is 15.5. The van der Waals surface area contributed by atoms with Gasteiger partial charge < -0.3 is 9.82 Å². The summed E-state index contributed by atoms with van der Waals surface area (Å²) in [7, 11) is 0. The first-order valence-corrected chi connectivity index (χ1v) is 8.77. The van der Waals surface area contributed by atoms with Gasteiger partial charge in [-0.25, -0.2) is 0 Å². The van der Waals surface area contributed by atoms with E-state index in [1.54, 1.807) is 12.1 Å². The lowest BCUT2D eigenvalue weighted by Crippen LogP contribution is -2.24. The van der Waals surface area contributed by atoms with E-state index < -0.39 is 0 Å². The second-order valence-corrected chi connectivity index (χ2v) is 6.63. The van der Waals surface area contributed by atoms with Gasteiger partial charge in [0.2, 0.25) is 5.91 Å². The molecule has 6 nitrogen and oxygen atoms in total. The van der Waals surface area contributed by atoms with E-state index in [0.717, 1.165) is 39.0 Å². The number of nitrogens with one attached hydrogen (secondary N) is 3. The number of halogens is 1. The van der Waals surface area contributed by atoms with E-state index >= 15 is 0 Å². The number of benzene rings is 2. The van der Waals surface area contributed by atoms with Crippen LogP contribution >= 0.6 is 11.6 Å². The lowest BCUT2D eigenvalue weighted by molar-refractivity contribution is -0.125. The van der Waals surface area contributed by atoms with Crippen molar-refractivity contribution in [3.63, 3.8) is 0 Å². The first kappa shape index (κ1) is 17.2. The standard InChI is InChI=1S/C20H17ClN4O2/c1-11-19(27-25-12(2)26)8-7-15(21)20(11)18-9-17(23-24-18)14-10-22-16-6-4-3-5-13(14)16/h3-10,22H,1-2H3,(H,23,24)(H,25,26). The Kier molecular flexibility index (Phi) is 4.33. The van der Waals surface area contributed by atoms with Crippen LogP contribution in [0.3, 0.4) is 0 Å². The number of para-hydroxylation sites is 1. The van der Waals surface area contributed by atoms with E-state index in [-0.39, 0.29) is 5.91 Å². The van der Waals surface area contributed by atoms with Crippen LogP contribution in [0.4, 0.5) is 0 Å². The van der Waals surface area contributed by atoms with Crippen molar-refractivity contribution in [2.24, 2.45) is 0 Å². The topological polar surface area (TPSA) is 82.8 Å². The molecule has 0 aliphatic carbocycles. The molecule has 27 heavy (non-hydrogen) atoms. The second-order valence-electron chi connectivity index (χ2n) is 6.22. The Morgan fingerprint density at radius 2 is 2.04 bits per heavy atom. The number of hydroxylamine groups is 1. The highest BCUT2D eigenvalue weighted by Gasteiger charge is 2.16. The predicted molar refractivity (Wildman–Crippen MR) is 106 cm³/mol. The SMILES string of the molecule is CC(=O)NOc1ccc(Cl)c(-c2cc(-c3c[nH]c4ccccc34)n[nH]2)c1C. The Labute approximate surface area is 160 Å². The quantitative estimate of drug-likeness (QED) is 0.452. The lowest BCUT2D eigenvalue weighted by atomic mass is 10.0. The van der Waals surface area contributed by atoms with Crippen LogP contribution in [0.1, 0.15) is 12.5 Å². The molecule has 0 fully saturated rings. The molecular formula is C20H17ClN4O2. The third-order valence-electron chi connectivity index (χ3n) is 4.38. The molecule has 136 valence electrons. The van der Waals surface area contributed by atoms with E-state index in [4.69, 9.17) is 16.4 Å². The number of carbonyl (C=O) groups excluding carboxylic acids is 1. The molecule has 0 radical (unpaired) electrons. The molecule has 2 aromatic carbocycles. The molecule has 0 atom stereocenters. The number of fused-ring (bicyclic) bond motifs is 1. The minimum Gasteiger partial charge on any atom is -0.379 e. The molecule has 2 heterocycles. The molecule has 0 saturated carbocycles. The summed E-state index contributed by atoms with van der Waals surface area (Å²) in [5.41, 5.74) is 7.55. The number of nitrogens with zero attached hydrogens (tertiary/aromatic N) is 1. The largest absolute Gasteiger partial charge is 0.379 e. The van der Waals surface area contributed by atoms with Gasteiger partial charge in [-0.15, -0.1) is 0 Å². The first-order valence-electron chi connectivity index (χ1n) is 8.39. The van der Waals surface area contributed by atoms with Crippen LogP contribution in [0.15, 0.2) is 48.7 Å². The maximum absolute atomic E-state index is 11.1. The molecule has 0 aliphatic heterocycles. The molecule has 0 unspecified atom stereocenters. The van der Waals surface area contributed by atoms with E-state index in [9.17, 15) is 4.79 Å². The van der Waals surface area contributed by atoms with Crippen LogP contribution in [0.2, 0.25) is 5.02 Å². The fourth-order valence-electron chi connectivity index (χ4n) is 3.10. The molecule has 2 aromatic heterocycles. The van der Waals surface area contributed by atoms with Gasteiger partial charge in [-0.2, -0.15) is 10.6 Å². The molecule has 7 heteroatoms. The Morgan fingerprint density at radius 1 is 1.22 bits per heavy atom. The molecule has 0 saturated heterocycles. The van der Waals surface area contributed by atoms with E-state index in [0.29, 0.717) is 10.8 Å². The normalized spacial score (nSPS) is 10.9. The van der Waals surface area contributed by atoms with Gasteiger partial charge in [-0.1, -0.05) is 29.8 Å². The summed E-state index contributed by atoms with van der Waals surface area (Å²) in [6, 6.07) is 13.5. The van der Waals surface area contributed by atoms with Crippen molar-refractivity contribution < 1.29 is 9.63 Å². The third kappa shape index (κ3) is 3.15. The fourth-order valence-corrected chi connectivity index (χ4v) is 3.41. The van der Waals surface area contributed by atoms with Crippen molar-refractivity contribution in [2.75, 3.05) is 0 Å². The lowest BCUT2D eigenvalue weighted by Gasteiger charge is -2.12. The summed E-state index contributed by atoms with van der Waals surface area (Å²) in [5, 5.41) is 9.18. The monoisotopic (exact) mass is 380 g/mol. The Balaban J connectivity index is 1.75. The first-order chi connectivity index (χ1) is 13.0. The van der Waals surface area contributed by atoms with Crippen molar-refractivity contribution in [1.82, 2.24) is 20.7 Å². The maximum Gasteiger partial charge on any atom is 0.249 e. The number of aromatic nitrogens is 3. The summed E-state index contributed by atoms with van der Waals surface area (Å²) in [4.78, 5) is 19.7. The van der Waals surface area contributed by atoms with Crippen molar-refractivity contribution in [3.8, 4) is 28.3 Å². The number of carbonyl (C=O) groups is 1. The van der Waals surface area contributed by atoms with Gasteiger partial charge in [0.25, 0.3) is 0 Å². The number of amides is 1. The highest BCUT2D eigenvalue weighted by molar-refractivity contribution is 6.33. The van der Waals surface area contributed by atoms with Crippen molar-refractivity contribution in [2.45, 2.75) is 13.8 Å². The van der Waals surface area contributed by atoms with Gasteiger partial charge in [-0.3, -0.25) is 9.89 Å². The summed E-state index contributed by atoms with van der Waals surface area (Å²) < 4.78 is 0. The van der Waals surface area contributed by atoms with Crippen molar-refractivity contribution >= 4 is 28.4 Å². The number of H-pyrrole nitrogens is 2. The van der Waals surface area contributed by atoms with Crippen LogP contribution in [-0.2, 0) is 4.79 Å². The Bertz CT molecular complexity index is 1150. The highest BCUT2D eigenvalue weighted by atomic mass is 35.5. The molecule has 3 N–H and O–H groups in total. The van der Waals surface area contributed by atoms with E-state index in [1.165, 1.54) is 6.92 Å². The Hall–Kier alpha value is -3.25. The average molecular weight is 381 g/mol. The highest BCUT2D eigenvalue weighted by Crippen LogP contribution is 2.37. The average Bonchev–Trinajstić information content (AvgIpc) is 3.28. The van der Waals surface area contributed by atoms with Gasteiger partial charge in [0.1, 0.15) is 0 Å². The number of aromatic amines is 2. The number of rotatable bonds is 4. The Morgan fingerprint density at radius 3 is 2.85 bits per heavy atom. The zero-order chi connectivity index (χ0) is 19.0. The minimum absolute atomic E-state index is 0.283. The third-order valence-corrected chi connectivity index (χ3v) is 4.70. The summed E-state index contributed by atoms with van der Waals surface area (Å²) in [5.74, 6) is 0.238. The van der Waals surface area contributed by atoms with Gasteiger partial charge >= 0.3 is 0 Å². The van der Waals surface area contributed by atoms with Crippen molar-refractivity contribution in [1.29, 1.82) is 0 Å². The van der Waals surface area contributed by atoms with Crippen LogP contribution in [0, 0.1) is 6.92 Å². The van der Waals surface area contributed by atoms with Crippen LogP contribution in [0.25, 0.3) is 33.4 Å². The van der Waals surface area contributed by atoms with Crippen LogP contribution in [0.5, 0.6) is 5.75 Å². The maximum atomic E-state index is 11.1.